The first-order chi connectivity index (χ1) is 8.22. The van der Waals surface area contributed by atoms with Crippen molar-refractivity contribution in [3.8, 4) is 0 Å². The summed E-state index contributed by atoms with van der Waals surface area (Å²) in [5.41, 5.74) is 0.416. The lowest BCUT2D eigenvalue weighted by atomic mass is 10.0. The largest absolute Gasteiger partial charge is 0.385 e. The maximum Gasteiger partial charge on any atom is 0.233 e. The van der Waals surface area contributed by atoms with E-state index in [0.717, 1.165) is 39.0 Å². The fourth-order valence-electron chi connectivity index (χ4n) is 1.92. The van der Waals surface area contributed by atoms with Gasteiger partial charge in [-0.1, -0.05) is 13.3 Å². The predicted molar refractivity (Wildman–Crippen MR) is 68.9 cm³/mol. The molecule has 4 heteroatoms. The average molecular weight is 242 g/mol. The summed E-state index contributed by atoms with van der Waals surface area (Å²) in [5.74, 6) is 0.112. The first-order valence-corrected chi connectivity index (χ1v) is 6.69. The smallest absolute Gasteiger partial charge is 0.233 e. The number of unbranched alkanes of at least 4 members (excludes halogenated alkanes) is 1. The number of ether oxygens (including phenoxy) is 1. The molecule has 0 unspecified atom stereocenters. The Hall–Kier alpha value is -0.610. The number of hydrogen-bond acceptors (Lipinski definition) is 3. The third kappa shape index (κ3) is 6.03. The standard InChI is InChI=1S/C13H26N2O2/c1-3-4-8-15-12(16)10-14-11-13(5-6-13)7-9-17-2/h14H,3-11H2,1-2H3,(H,15,16). The molecular formula is C13H26N2O2. The van der Waals surface area contributed by atoms with Crippen molar-refractivity contribution in [2.24, 2.45) is 5.41 Å². The van der Waals surface area contributed by atoms with E-state index >= 15 is 0 Å². The Balaban J connectivity index is 2.01. The zero-order valence-corrected chi connectivity index (χ0v) is 11.2. The maximum absolute atomic E-state index is 11.4. The minimum Gasteiger partial charge on any atom is -0.385 e. The molecule has 0 heterocycles. The topological polar surface area (TPSA) is 50.4 Å². The molecule has 0 bridgehead atoms. The van der Waals surface area contributed by atoms with Crippen molar-refractivity contribution >= 4 is 5.91 Å². The summed E-state index contributed by atoms with van der Waals surface area (Å²) in [6.07, 6.45) is 5.81. The minimum atomic E-state index is 0.112. The lowest BCUT2D eigenvalue weighted by Gasteiger charge is -2.15. The highest BCUT2D eigenvalue weighted by Crippen LogP contribution is 2.48. The third-order valence-electron chi connectivity index (χ3n) is 3.43. The molecule has 1 rings (SSSR count). The quantitative estimate of drug-likeness (QED) is 0.568. The van der Waals surface area contributed by atoms with Crippen LogP contribution < -0.4 is 10.6 Å². The number of hydrogen-bond donors (Lipinski definition) is 2. The number of carbonyl (C=O) groups is 1. The van der Waals surface area contributed by atoms with E-state index in [0.29, 0.717) is 12.0 Å². The number of amides is 1. The molecule has 0 spiro atoms. The van der Waals surface area contributed by atoms with Gasteiger partial charge in [-0.3, -0.25) is 4.79 Å². The van der Waals surface area contributed by atoms with Crippen molar-refractivity contribution in [2.75, 3.05) is 33.4 Å². The van der Waals surface area contributed by atoms with Crippen LogP contribution in [-0.4, -0.2) is 39.3 Å². The van der Waals surface area contributed by atoms with E-state index in [1.807, 2.05) is 0 Å². The molecule has 0 atom stereocenters. The van der Waals surface area contributed by atoms with Crippen LogP contribution in [0.2, 0.25) is 0 Å². The Morgan fingerprint density at radius 2 is 2.18 bits per heavy atom. The maximum atomic E-state index is 11.4. The van der Waals surface area contributed by atoms with Gasteiger partial charge in [-0.15, -0.1) is 0 Å². The summed E-state index contributed by atoms with van der Waals surface area (Å²) >= 11 is 0. The van der Waals surface area contributed by atoms with Crippen molar-refractivity contribution < 1.29 is 9.53 Å². The van der Waals surface area contributed by atoms with Gasteiger partial charge in [0.15, 0.2) is 0 Å². The van der Waals surface area contributed by atoms with Crippen molar-refractivity contribution in [2.45, 2.75) is 39.0 Å². The molecule has 4 nitrogen and oxygen atoms in total. The first-order valence-electron chi connectivity index (χ1n) is 6.69. The molecule has 0 aliphatic heterocycles. The van der Waals surface area contributed by atoms with Crippen LogP contribution in [0.4, 0.5) is 0 Å². The Morgan fingerprint density at radius 1 is 1.41 bits per heavy atom. The van der Waals surface area contributed by atoms with E-state index in [2.05, 4.69) is 17.6 Å². The Morgan fingerprint density at radius 3 is 2.76 bits per heavy atom. The van der Waals surface area contributed by atoms with Crippen molar-refractivity contribution in [3.05, 3.63) is 0 Å². The van der Waals surface area contributed by atoms with Crippen LogP contribution in [0.3, 0.4) is 0 Å². The van der Waals surface area contributed by atoms with Crippen LogP contribution in [0.25, 0.3) is 0 Å². The highest BCUT2D eigenvalue weighted by molar-refractivity contribution is 5.77. The fourth-order valence-corrected chi connectivity index (χ4v) is 1.92. The predicted octanol–water partition coefficient (Wildman–Crippen LogP) is 1.31. The highest BCUT2D eigenvalue weighted by Gasteiger charge is 2.41. The van der Waals surface area contributed by atoms with E-state index in [9.17, 15) is 4.79 Å². The molecule has 1 saturated carbocycles. The average Bonchev–Trinajstić information content (AvgIpc) is 3.07. The van der Waals surface area contributed by atoms with E-state index < -0.39 is 0 Å². The van der Waals surface area contributed by atoms with Crippen LogP contribution in [0.1, 0.15) is 39.0 Å². The first kappa shape index (κ1) is 14.5. The van der Waals surface area contributed by atoms with Gasteiger partial charge in [0.1, 0.15) is 0 Å². The highest BCUT2D eigenvalue weighted by atomic mass is 16.5. The molecule has 1 fully saturated rings. The Kier molecular flexibility index (Phi) is 6.52. The van der Waals surface area contributed by atoms with Crippen LogP contribution in [0, 0.1) is 5.41 Å². The molecule has 1 amide bonds. The van der Waals surface area contributed by atoms with Gasteiger partial charge in [-0.2, -0.15) is 0 Å². The van der Waals surface area contributed by atoms with Crippen molar-refractivity contribution in [3.63, 3.8) is 0 Å². The van der Waals surface area contributed by atoms with Crippen LogP contribution in [0.15, 0.2) is 0 Å². The number of nitrogens with one attached hydrogen (secondary N) is 2. The molecule has 0 aromatic carbocycles. The van der Waals surface area contributed by atoms with Gasteiger partial charge in [0.05, 0.1) is 6.54 Å². The Labute approximate surface area is 104 Å². The van der Waals surface area contributed by atoms with Crippen molar-refractivity contribution in [1.29, 1.82) is 0 Å². The van der Waals surface area contributed by atoms with Crippen LogP contribution in [0.5, 0.6) is 0 Å². The molecular weight excluding hydrogens is 216 g/mol. The number of carbonyl (C=O) groups excluding carboxylic acids is 1. The lowest BCUT2D eigenvalue weighted by Crippen LogP contribution is -2.37. The molecule has 2 N–H and O–H groups in total. The molecule has 1 aliphatic carbocycles. The second kappa shape index (κ2) is 7.67. The van der Waals surface area contributed by atoms with Gasteiger partial charge < -0.3 is 15.4 Å². The summed E-state index contributed by atoms with van der Waals surface area (Å²) in [7, 11) is 1.74. The zero-order valence-electron chi connectivity index (χ0n) is 11.2. The van der Waals surface area contributed by atoms with Crippen LogP contribution in [-0.2, 0) is 9.53 Å². The van der Waals surface area contributed by atoms with Gasteiger partial charge in [-0.05, 0) is 31.1 Å². The lowest BCUT2D eigenvalue weighted by molar-refractivity contribution is -0.120. The van der Waals surface area contributed by atoms with Gasteiger partial charge in [0.25, 0.3) is 0 Å². The van der Waals surface area contributed by atoms with Gasteiger partial charge >= 0.3 is 0 Å². The molecule has 0 saturated heterocycles. The molecule has 0 aromatic heterocycles. The van der Waals surface area contributed by atoms with Gasteiger partial charge in [0, 0.05) is 26.8 Å². The minimum absolute atomic E-state index is 0.112. The Bertz CT molecular complexity index is 227. The summed E-state index contributed by atoms with van der Waals surface area (Å²) in [6.45, 7) is 5.13. The van der Waals surface area contributed by atoms with E-state index in [1.54, 1.807) is 7.11 Å². The molecule has 0 aromatic rings. The second-order valence-electron chi connectivity index (χ2n) is 5.05. The summed E-state index contributed by atoms with van der Waals surface area (Å²) in [4.78, 5) is 11.4. The normalized spacial score (nSPS) is 16.8. The SMILES string of the molecule is CCCCNC(=O)CNCC1(CCOC)CC1. The molecule has 0 radical (unpaired) electrons. The van der Waals surface area contributed by atoms with Crippen LogP contribution >= 0.6 is 0 Å². The van der Waals surface area contributed by atoms with Gasteiger partial charge in [-0.25, -0.2) is 0 Å². The summed E-state index contributed by atoms with van der Waals surface area (Å²) < 4.78 is 5.10. The molecule has 1 aliphatic rings. The van der Waals surface area contributed by atoms with E-state index in [4.69, 9.17) is 4.74 Å². The zero-order chi connectivity index (χ0) is 12.6. The molecule has 100 valence electrons. The van der Waals surface area contributed by atoms with Crippen molar-refractivity contribution in [1.82, 2.24) is 10.6 Å². The monoisotopic (exact) mass is 242 g/mol. The number of rotatable bonds is 10. The summed E-state index contributed by atoms with van der Waals surface area (Å²) in [6, 6.07) is 0. The third-order valence-corrected chi connectivity index (χ3v) is 3.43. The number of methoxy groups -OCH3 is 1. The van der Waals surface area contributed by atoms with Gasteiger partial charge in [0.2, 0.25) is 5.91 Å². The fraction of sp³-hybridized carbons (Fsp3) is 0.923. The summed E-state index contributed by atoms with van der Waals surface area (Å²) in [5, 5.41) is 6.16. The van der Waals surface area contributed by atoms with E-state index in [-0.39, 0.29) is 5.91 Å². The second-order valence-corrected chi connectivity index (χ2v) is 5.05. The van der Waals surface area contributed by atoms with E-state index in [1.165, 1.54) is 12.8 Å². The molecule has 17 heavy (non-hydrogen) atoms.